The molecule has 1 aliphatic rings. The van der Waals surface area contributed by atoms with Gasteiger partial charge in [-0.1, -0.05) is 25.7 Å². The lowest BCUT2D eigenvalue weighted by Gasteiger charge is -2.09. The summed E-state index contributed by atoms with van der Waals surface area (Å²) < 4.78 is 2.72. The molecule has 1 aliphatic carbocycles. The number of Topliss-reactive ketones (excluding diaryl/α,β-unsaturated/α-hetero) is 1. The summed E-state index contributed by atoms with van der Waals surface area (Å²) in [5.41, 5.74) is 0. The zero-order valence-corrected chi connectivity index (χ0v) is 7.03. The number of nitrogens with one attached hydrogen (secondary N) is 1. The molecule has 10 heavy (non-hydrogen) atoms. The summed E-state index contributed by atoms with van der Waals surface area (Å²) in [5, 5.41) is 0. The Kier molecular flexibility index (Phi) is 2.74. The fourth-order valence-corrected chi connectivity index (χ4v) is 1.28. The summed E-state index contributed by atoms with van der Waals surface area (Å²) in [4.78, 5) is 10.8. The van der Waals surface area contributed by atoms with Crippen LogP contribution in [-0.2, 0) is 4.79 Å². The highest BCUT2D eigenvalue weighted by atomic mass is 32.1. The van der Waals surface area contributed by atoms with Crippen LogP contribution in [0.25, 0.3) is 0 Å². The minimum atomic E-state index is -0.0177. The Morgan fingerprint density at radius 2 is 2.40 bits per heavy atom. The molecule has 1 atom stereocenters. The fourth-order valence-electron chi connectivity index (χ4n) is 0.996. The van der Waals surface area contributed by atoms with Gasteiger partial charge in [-0.05, 0) is 19.3 Å². The average molecular weight is 159 g/mol. The third-order valence-corrected chi connectivity index (χ3v) is 2.22. The van der Waals surface area contributed by atoms with E-state index in [9.17, 15) is 4.79 Å². The molecule has 0 aromatic carbocycles. The van der Waals surface area contributed by atoms with Crippen molar-refractivity contribution in [3.63, 3.8) is 0 Å². The maximum atomic E-state index is 10.8. The molecule has 0 heterocycles. The summed E-state index contributed by atoms with van der Waals surface area (Å²) in [6, 6.07) is -0.0177. The van der Waals surface area contributed by atoms with Crippen molar-refractivity contribution in [2.24, 2.45) is 5.92 Å². The van der Waals surface area contributed by atoms with Crippen molar-refractivity contribution in [1.29, 1.82) is 0 Å². The van der Waals surface area contributed by atoms with E-state index < -0.39 is 0 Å². The first-order valence-corrected chi connectivity index (χ1v) is 4.09. The molecule has 1 saturated carbocycles. The van der Waals surface area contributed by atoms with Crippen molar-refractivity contribution in [2.45, 2.75) is 32.2 Å². The smallest absolute Gasteiger partial charge is 0.147 e. The largest absolute Gasteiger partial charge is 0.298 e. The van der Waals surface area contributed by atoms with E-state index in [0.717, 1.165) is 12.3 Å². The molecule has 3 heteroatoms. The summed E-state index contributed by atoms with van der Waals surface area (Å²) >= 11 is 3.89. The molecule has 0 saturated heterocycles. The molecule has 0 unspecified atom stereocenters. The van der Waals surface area contributed by atoms with Gasteiger partial charge in [0.25, 0.3) is 0 Å². The minimum absolute atomic E-state index is 0.0177. The third-order valence-electron chi connectivity index (χ3n) is 1.91. The number of carbonyl (C=O) groups is 1. The van der Waals surface area contributed by atoms with E-state index >= 15 is 0 Å². The van der Waals surface area contributed by atoms with Crippen LogP contribution in [-0.4, -0.2) is 11.8 Å². The van der Waals surface area contributed by atoms with Crippen LogP contribution >= 0.6 is 12.8 Å². The van der Waals surface area contributed by atoms with Crippen molar-refractivity contribution in [2.75, 3.05) is 0 Å². The lowest BCUT2D eigenvalue weighted by atomic mass is 10.1. The minimum Gasteiger partial charge on any atom is -0.298 e. The van der Waals surface area contributed by atoms with Crippen LogP contribution in [0.2, 0.25) is 0 Å². The number of rotatable bonds is 4. The van der Waals surface area contributed by atoms with Crippen LogP contribution < -0.4 is 4.72 Å². The second kappa shape index (κ2) is 3.39. The standard InChI is InChI=1S/C7H13NOS/c1-5(9)7(8-10)4-6-2-3-6/h6-8,10H,2-4H2,1H3/t7-/m0/s1. The van der Waals surface area contributed by atoms with E-state index in [1.165, 1.54) is 12.8 Å². The summed E-state index contributed by atoms with van der Waals surface area (Å²) in [6.07, 6.45) is 3.55. The Morgan fingerprint density at radius 1 is 1.80 bits per heavy atom. The quantitative estimate of drug-likeness (QED) is 0.603. The highest BCUT2D eigenvalue weighted by Crippen LogP contribution is 2.33. The Morgan fingerprint density at radius 3 is 2.70 bits per heavy atom. The molecule has 1 fully saturated rings. The van der Waals surface area contributed by atoms with Gasteiger partial charge < -0.3 is 0 Å². The van der Waals surface area contributed by atoms with Crippen molar-refractivity contribution < 1.29 is 4.79 Å². The molecule has 1 rings (SSSR count). The Labute approximate surface area is 66.9 Å². The van der Waals surface area contributed by atoms with E-state index in [1.54, 1.807) is 6.92 Å². The molecule has 0 spiro atoms. The van der Waals surface area contributed by atoms with E-state index in [1.807, 2.05) is 0 Å². The highest BCUT2D eigenvalue weighted by Gasteiger charge is 2.26. The normalized spacial score (nSPS) is 20.6. The van der Waals surface area contributed by atoms with Crippen molar-refractivity contribution in [1.82, 2.24) is 4.72 Å². The predicted molar refractivity (Wildman–Crippen MR) is 43.9 cm³/mol. The molecule has 1 N–H and O–H groups in total. The molecular formula is C7H13NOS. The number of ketones is 1. The van der Waals surface area contributed by atoms with Gasteiger partial charge in [0.15, 0.2) is 0 Å². The first-order valence-electron chi connectivity index (χ1n) is 3.64. The molecule has 0 radical (unpaired) electrons. The van der Waals surface area contributed by atoms with Crippen molar-refractivity contribution >= 4 is 18.6 Å². The maximum absolute atomic E-state index is 10.8. The summed E-state index contributed by atoms with van der Waals surface area (Å²) in [5.74, 6) is 0.982. The van der Waals surface area contributed by atoms with Crippen LogP contribution in [0.1, 0.15) is 26.2 Å². The second-order valence-corrected chi connectivity index (χ2v) is 3.23. The molecule has 58 valence electrons. The summed E-state index contributed by atoms with van der Waals surface area (Å²) in [6.45, 7) is 1.61. The van der Waals surface area contributed by atoms with Gasteiger partial charge in [0, 0.05) is 0 Å². The lowest BCUT2D eigenvalue weighted by Crippen LogP contribution is -2.29. The molecule has 2 nitrogen and oxygen atoms in total. The zero-order chi connectivity index (χ0) is 7.56. The monoisotopic (exact) mass is 159 g/mol. The molecule has 0 aliphatic heterocycles. The van der Waals surface area contributed by atoms with Crippen LogP contribution in [0.15, 0.2) is 0 Å². The Balaban J connectivity index is 2.24. The topological polar surface area (TPSA) is 29.1 Å². The third kappa shape index (κ3) is 2.31. The zero-order valence-electron chi connectivity index (χ0n) is 6.13. The number of carbonyl (C=O) groups excluding carboxylic acids is 1. The predicted octanol–water partition coefficient (Wildman–Crippen LogP) is 1.18. The molecule has 0 bridgehead atoms. The number of hydrogen-bond acceptors (Lipinski definition) is 3. The lowest BCUT2D eigenvalue weighted by molar-refractivity contribution is -0.118. The van der Waals surface area contributed by atoms with Crippen LogP contribution in [0, 0.1) is 5.92 Å². The van der Waals surface area contributed by atoms with E-state index in [0.29, 0.717) is 0 Å². The average Bonchev–Trinajstić information content (AvgIpc) is 2.64. The Bertz CT molecular complexity index is 134. The van der Waals surface area contributed by atoms with Crippen molar-refractivity contribution in [3.05, 3.63) is 0 Å². The fraction of sp³-hybridized carbons (Fsp3) is 0.857. The second-order valence-electron chi connectivity index (χ2n) is 2.97. The first kappa shape index (κ1) is 8.08. The van der Waals surface area contributed by atoms with Gasteiger partial charge >= 0.3 is 0 Å². The van der Waals surface area contributed by atoms with Gasteiger partial charge in [0.1, 0.15) is 5.78 Å². The van der Waals surface area contributed by atoms with Gasteiger partial charge in [-0.25, -0.2) is 0 Å². The Hall–Kier alpha value is -0.0200. The van der Waals surface area contributed by atoms with E-state index in [-0.39, 0.29) is 11.8 Å². The van der Waals surface area contributed by atoms with Gasteiger partial charge in [0.2, 0.25) is 0 Å². The van der Waals surface area contributed by atoms with Gasteiger partial charge in [-0.3, -0.25) is 9.52 Å². The van der Waals surface area contributed by atoms with Gasteiger partial charge in [-0.15, -0.1) is 0 Å². The molecule has 0 aromatic rings. The van der Waals surface area contributed by atoms with Crippen LogP contribution in [0.5, 0.6) is 0 Å². The van der Waals surface area contributed by atoms with Gasteiger partial charge in [0.05, 0.1) is 6.04 Å². The maximum Gasteiger partial charge on any atom is 0.147 e. The van der Waals surface area contributed by atoms with Crippen molar-refractivity contribution in [3.8, 4) is 0 Å². The SMILES string of the molecule is CC(=O)[C@H](CC1CC1)NS. The van der Waals surface area contributed by atoms with E-state index in [2.05, 4.69) is 17.5 Å². The summed E-state index contributed by atoms with van der Waals surface area (Å²) in [7, 11) is 0. The van der Waals surface area contributed by atoms with E-state index in [4.69, 9.17) is 0 Å². The van der Waals surface area contributed by atoms with Crippen LogP contribution in [0.3, 0.4) is 0 Å². The van der Waals surface area contributed by atoms with Crippen LogP contribution in [0.4, 0.5) is 0 Å². The number of thiol groups is 1. The molecule has 0 amide bonds. The molecule has 0 aromatic heterocycles. The highest BCUT2D eigenvalue weighted by molar-refractivity contribution is 7.78. The molecular weight excluding hydrogens is 146 g/mol. The van der Waals surface area contributed by atoms with Gasteiger partial charge in [-0.2, -0.15) is 0 Å². The number of hydrogen-bond donors (Lipinski definition) is 2. The first-order chi connectivity index (χ1) is 4.74.